The Morgan fingerprint density at radius 3 is 2.57 bits per heavy atom. The van der Waals surface area contributed by atoms with Crippen molar-refractivity contribution >= 4 is 34.6 Å². The van der Waals surface area contributed by atoms with Crippen molar-refractivity contribution in [1.82, 2.24) is 15.5 Å². The lowest BCUT2D eigenvalue weighted by Crippen LogP contribution is -2.56. The lowest BCUT2D eigenvalue weighted by molar-refractivity contribution is 0.0975. The minimum atomic E-state index is -0.544. The van der Waals surface area contributed by atoms with Gasteiger partial charge in [-0.25, -0.2) is 0 Å². The van der Waals surface area contributed by atoms with Crippen LogP contribution in [0.15, 0.2) is 47.8 Å². The summed E-state index contributed by atoms with van der Waals surface area (Å²) in [6.07, 6.45) is 0. The average molecular weight is 418 g/mol. The molecule has 1 aromatic heterocycles. The number of aliphatic hydroxyl groups excluding tert-OH is 1. The summed E-state index contributed by atoms with van der Waals surface area (Å²) >= 11 is 7.14. The molecular weight excluding hydrogens is 390 g/mol. The third kappa shape index (κ3) is 4.27. The van der Waals surface area contributed by atoms with Gasteiger partial charge in [-0.05, 0) is 56.6 Å². The van der Waals surface area contributed by atoms with Gasteiger partial charge in [0.05, 0.1) is 5.54 Å². The molecule has 3 N–H and O–H groups in total. The zero-order chi connectivity index (χ0) is 20.4. The minimum Gasteiger partial charge on any atom is -0.396 e. The molecule has 28 heavy (non-hydrogen) atoms. The molecule has 0 spiro atoms. The van der Waals surface area contributed by atoms with Crippen molar-refractivity contribution in [3.8, 4) is 0 Å². The standard InChI is InChI=1S/C21H27N3O2S2/c1-20(2,3)24-12-16(13-25)21(14-24,17-10-7-11-28-17)23-19(27)22-18(26)15-8-5-4-6-9-15/h4-11,16,25H,12-14H2,1-3H3,(H2,22,23,26,27). The third-order valence-electron chi connectivity index (χ3n) is 5.31. The van der Waals surface area contributed by atoms with Crippen molar-refractivity contribution in [2.75, 3.05) is 19.7 Å². The van der Waals surface area contributed by atoms with E-state index in [1.165, 1.54) is 0 Å². The molecule has 1 aliphatic heterocycles. The zero-order valence-electron chi connectivity index (χ0n) is 16.4. The highest BCUT2D eigenvalue weighted by atomic mass is 32.1. The van der Waals surface area contributed by atoms with Crippen LogP contribution in [0.3, 0.4) is 0 Å². The van der Waals surface area contributed by atoms with Crippen LogP contribution in [0.25, 0.3) is 0 Å². The number of likely N-dealkylation sites (tertiary alicyclic amines) is 1. The molecular formula is C21H27N3O2S2. The Hall–Kier alpha value is -1.80. The highest BCUT2D eigenvalue weighted by molar-refractivity contribution is 7.80. The molecule has 1 amide bonds. The van der Waals surface area contributed by atoms with Gasteiger partial charge in [0.15, 0.2) is 5.11 Å². The van der Waals surface area contributed by atoms with Gasteiger partial charge in [-0.15, -0.1) is 11.3 Å². The molecule has 1 aliphatic rings. The highest BCUT2D eigenvalue weighted by Gasteiger charge is 2.51. The molecule has 3 rings (SSSR count). The van der Waals surface area contributed by atoms with Crippen LogP contribution in [0.2, 0.25) is 0 Å². The molecule has 1 aromatic carbocycles. The van der Waals surface area contributed by atoms with E-state index in [2.05, 4.69) is 42.4 Å². The molecule has 0 bridgehead atoms. The lowest BCUT2D eigenvalue weighted by atomic mass is 9.86. The molecule has 0 radical (unpaired) electrons. The summed E-state index contributed by atoms with van der Waals surface area (Å²) in [6.45, 7) is 7.99. The number of amides is 1. The quantitative estimate of drug-likeness (QED) is 0.668. The van der Waals surface area contributed by atoms with E-state index in [9.17, 15) is 9.90 Å². The van der Waals surface area contributed by atoms with E-state index in [1.54, 1.807) is 23.5 Å². The van der Waals surface area contributed by atoms with Crippen molar-refractivity contribution < 1.29 is 9.90 Å². The molecule has 7 heteroatoms. The Morgan fingerprint density at radius 2 is 2.00 bits per heavy atom. The first-order valence-electron chi connectivity index (χ1n) is 9.35. The van der Waals surface area contributed by atoms with Gasteiger partial charge in [0, 0.05) is 41.6 Å². The van der Waals surface area contributed by atoms with E-state index in [1.807, 2.05) is 29.6 Å². The number of thiocarbonyl (C=S) groups is 1. The minimum absolute atomic E-state index is 0.0344. The van der Waals surface area contributed by atoms with Gasteiger partial charge in [-0.2, -0.15) is 0 Å². The van der Waals surface area contributed by atoms with E-state index < -0.39 is 5.54 Å². The van der Waals surface area contributed by atoms with Crippen LogP contribution in [0.1, 0.15) is 36.0 Å². The number of aliphatic hydroxyl groups is 1. The van der Waals surface area contributed by atoms with Crippen LogP contribution in [0.4, 0.5) is 0 Å². The Kier molecular flexibility index (Phi) is 6.19. The fourth-order valence-corrected chi connectivity index (χ4v) is 4.88. The number of rotatable bonds is 4. The van der Waals surface area contributed by atoms with E-state index in [-0.39, 0.29) is 29.1 Å². The third-order valence-corrected chi connectivity index (χ3v) is 6.56. The van der Waals surface area contributed by atoms with Crippen LogP contribution in [-0.4, -0.2) is 46.3 Å². The smallest absolute Gasteiger partial charge is 0.257 e. The van der Waals surface area contributed by atoms with Crippen LogP contribution < -0.4 is 10.6 Å². The fourth-order valence-electron chi connectivity index (χ4n) is 3.65. The summed E-state index contributed by atoms with van der Waals surface area (Å²) in [5, 5.41) is 18.7. The predicted molar refractivity (Wildman–Crippen MR) is 118 cm³/mol. The van der Waals surface area contributed by atoms with E-state index in [0.717, 1.165) is 11.4 Å². The summed E-state index contributed by atoms with van der Waals surface area (Å²) < 4.78 is 0. The van der Waals surface area contributed by atoms with Crippen molar-refractivity contribution in [3.63, 3.8) is 0 Å². The van der Waals surface area contributed by atoms with Crippen molar-refractivity contribution in [1.29, 1.82) is 0 Å². The van der Waals surface area contributed by atoms with E-state index in [4.69, 9.17) is 12.2 Å². The normalized spacial score (nSPS) is 22.8. The molecule has 1 fully saturated rings. The molecule has 2 unspecified atom stereocenters. The number of hydrogen-bond donors (Lipinski definition) is 3. The van der Waals surface area contributed by atoms with Crippen molar-refractivity contribution in [2.45, 2.75) is 31.8 Å². The summed E-state index contributed by atoms with van der Waals surface area (Å²) in [4.78, 5) is 16.0. The molecule has 0 saturated carbocycles. The zero-order valence-corrected chi connectivity index (χ0v) is 18.1. The van der Waals surface area contributed by atoms with Crippen LogP contribution in [0.5, 0.6) is 0 Å². The first-order valence-corrected chi connectivity index (χ1v) is 10.6. The van der Waals surface area contributed by atoms with Crippen LogP contribution in [0, 0.1) is 5.92 Å². The fraction of sp³-hybridized carbons (Fsp3) is 0.429. The maximum atomic E-state index is 12.5. The highest BCUT2D eigenvalue weighted by Crippen LogP contribution is 2.41. The largest absolute Gasteiger partial charge is 0.396 e. The van der Waals surface area contributed by atoms with Gasteiger partial charge >= 0.3 is 0 Å². The first kappa shape index (κ1) is 20.9. The van der Waals surface area contributed by atoms with Crippen molar-refractivity contribution in [2.24, 2.45) is 5.92 Å². The number of benzene rings is 1. The lowest BCUT2D eigenvalue weighted by Gasteiger charge is -2.37. The maximum Gasteiger partial charge on any atom is 0.257 e. The summed E-state index contributed by atoms with van der Waals surface area (Å²) in [6, 6.07) is 13.1. The Bertz CT molecular complexity index is 818. The maximum absolute atomic E-state index is 12.5. The summed E-state index contributed by atoms with van der Waals surface area (Å²) in [7, 11) is 0. The van der Waals surface area contributed by atoms with Crippen molar-refractivity contribution in [3.05, 3.63) is 58.3 Å². The number of thiophene rings is 1. The number of nitrogens with zero attached hydrogens (tertiary/aromatic N) is 1. The van der Waals surface area contributed by atoms with Gasteiger partial charge in [-0.3, -0.25) is 15.0 Å². The van der Waals surface area contributed by atoms with Gasteiger partial charge < -0.3 is 10.4 Å². The summed E-state index contributed by atoms with van der Waals surface area (Å²) in [5.41, 5.74) is -0.0291. The second-order valence-corrected chi connectivity index (χ2v) is 9.51. The van der Waals surface area contributed by atoms with E-state index in [0.29, 0.717) is 12.1 Å². The molecule has 2 heterocycles. The topological polar surface area (TPSA) is 64.6 Å². The number of carbonyl (C=O) groups is 1. The van der Waals surface area contributed by atoms with Gasteiger partial charge in [0.25, 0.3) is 5.91 Å². The predicted octanol–water partition coefficient (Wildman–Crippen LogP) is 2.97. The number of hydrogen-bond acceptors (Lipinski definition) is 5. The Labute approximate surface area is 175 Å². The van der Waals surface area contributed by atoms with Gasteiger partial charge in [-0.1, -0.05) is 24.3 Å². The second kappa shape index (κ2) is 8.29. The Balaban J connectivity index is 1.85. The number of nitrogens with one attached hydrogen (secondary N) is 2. The van der Waals surface area contributed by atoms with Gasteiger partial charge in [0.1, 0.15) is 0 Å². The van der Waals surface area contributed by atoms with Gasteiger partial charge in [0.2, 0.25) is 0 Å². The SMILES string of the molecule is CC(C)(C)N1CC(CO)C(NC(=S)NC(=O)c2ccccc2)(c2cccs2)C1. The molecule has 1 saturated heterocycles. The first-order chi connectivity index (χ1) is 13.3. The monoisotopic (exact) mass is 417 g/mol. The molecule has 2 atom stereocenters. The number of carbonyl (C=O) groups excluding carboxylic acids is 1. The summed E-state index contributed by atoms with van der Waals surface area (Å²) in [5.74, 6) is -0.289. The molecule has 0 aliphatic carbocycles. The second-order valence-electron chi connectivity index (χ2n) is 8.15. The average Bonchev–Trinajstić information content (AvgIpc) is 3.30. The molecule has 5 nitrogen and oxygen atoms in total. The molecule has 2 aromatic rings. The van der Waals surface area contributed by atoms with E-state index >= 15 is 0 Å². The molecule has 150 valence electrons. The van der Waals surface area contributed by atoms with Crippen LogP contribution in [-0.2, 0) is 5.54 Å². The van der Waals surface area contributed by atoms with Crippen LogP contribution >= 0.6 is 23.6 Å². The Morgan fingerprint density at radius 1 is 1.29 bits per heavy atom.